The molecule has 3 aromatic rings. The maximum atomic E-state index is 12.3. The van der Waals surface area contributed by atoms with Crippen molar-refractivity contribution in [3.05, 3.63) is 53.0 Å². The van der Waals surface area contributed by atoms with Crippen molar-refractivity contribution < 1.29 is 9.59 Å². The van der Waals surface area contributed by atoms with E-state index in [1.807, 2.05) is 36.4 Å². The standard InChI is InChI=1S/C19H18N4O2S/c1-23-10-9-15-16(11-23)26-19(21-15)22-18(25)17(24)20-14-8-4-6-12-5-2-3-7-13(12)14/h2-8H,9-11H2,1H3,(H,20,24)(H,21,22,25). The van der Waals surface area contributed by atoms with Crippen LogP contribution in [0.5, 0.6) is 0 Å². The number of fused-ring (bicyclic) bond motifs is 2. The van der Waals surface area contributed by atoms with Gasteiger partial charge in [-0.05, 0) is 18.5 Å². The van der Waals surface area contributed by atoms with Gasteiger partial charge in [0.15, 0.2) is 5.13 Å². The summed E-state index contributed by atoms with van der Waals surface area (Å²) in [5, 5.41) is 7.68. The first-order valence-corrected chi connectivity index (χ1v) is 9.19. The molecule has 4 rings (SSSR count). The molecular formula is C19H18N4O2S. The Bertz CT molecular complexity index is 993. The van der Waals surface area contributed by atoms with Crippen LogP contribution in [0.3, 0.4) is 0 Å². The van der Waals surface area contributed by atoms with Crippen LogP contribution >= 0.6 is 11.3 Å². The van der Waals surface area contributed by atoms with Gasteiger partial charge in [-0.2, -0.15) is 0 Å². The van der Waals surface area contributed by atoms with Crippen LogP contribution in [0.4, 0.5) is 10.8 Å². The molecule has 1 aromatic heterocycles. The van der Waals surface area contributed by atoms with Gasteiger partial charge < -0.3 is 10.2 Å². The molecule has 2 heterocycles. The lowest BCUT2D eigenvalue weighted by atomic mass is 10.1. The van der Waals surface area contributed by atoms with Gasteiger partial charge in [0.2, 0.25) is 0 Å². The van der Waals surface area contributed by atoms with Crippen LogP contribution in [0.1, 0.15) is 10.6 Å². The van der Waals surface area contributed by atoms with Crippen LogP contribution < -0.4 is 10.6 Å². The zero-order valence-electron chi connectivity index (χ0n) is 14.3. The van der Waals surface area contributed by atoms with E-state index in [9.17, 15) is 9.59 Å². The van der Waals surface area contributed by atoms with Crippen molar-refractivity contribution in [2.75, 3.05) is 24.2 Å². The highest BCUT2D eigenvalue weighted by molar-refractivity contribution is 7.16. The van der Waals surface area contributed by atoms with E-state index in [1.165, 1.54) is 11.3 Å². The van der Waals surface area contributed by atoms with Gasteiger partial charge in [0, 0.05) is 35.5 Å². The zero-order chi connectivity index (χ0) is 18.1. The smallest absolute Gasteiger partial charge is 0.315 e. The second kappa shape index (κ2) is 6.86. The second-order valence-corrected chi connectivity index (χ2v) is 7.40. The van der Waals surface area contributed by atoms with Gasteiger partial charge in [-0.3, -0.25) is 14.9 Å². The first-order chi connectivity index (χ1) is 12.6. The number of carbonyl (C=O) groups excluding carboxylic acids is 2. The number of thiazole rings is 1. The second-order valence-electron chi connectivity index (χ2n) is 6.31. The summed E-state index contributed by atoms with van der Waals surface area (Å²) in [4.78, 5) is 32.4. The van der Waals surface area contributed by atoms with Gasteiger partial charge in [0.05, 0.1) is 5.69 Å². The van der Waals surface area contributed by atoms with Crippen molar-refractivity contribution in [3.63, 3.8) is 0 Å². The number of benzene rings is 2. The van der Waals surface area contributed by atoms with Crippen LogP contribution in [-0.4, -0.2) is 35.3 Å². The number of hydrogen-bond donors (Lipinski definition) is 2. The van der Waals surface area contributed by atoms with E-state index in [-0.39, 0.29) is 0 Å². The van der Waals surface area contributed by atoms with E-state index in [0.29, 0.717) is 10.8 Å². The average molecular weight is 366 g/mol. The van der Waals surface area contributed by atoms with Crippen LogP contribution in [0, 0.1) is 0 Å². The number of nitrogens with zero attached hydrogens (tertiary/aromatic N) is 2. The Morgan fingerprint density at radius 3 is 2.73 bits per heavy atom. The molecule has 0 unspecified atom stereocenters. The Hall–Kier alpha value is -2.77. The van der Waals surface area contributed by atoms with Crippen molar-refractivity contribution >= 4 is 44.7 Å². The zero-order valence-corrected chi connectivity index (χ0v) is 15.1. The van der Waals surface area contributed by atoms with Gasteiger partial charge in [-0.1, -0.05) is 36.4 Å². The van der Waals surface area contributed by atoms with E-state index in [0.717, 1.165) is 40.9 Å². The predicted molar refractivity (Wildman–Crippen MR) is 103 cm³/mol. The average Bonchev–Trinajstić information content (AvgIpc) is 3.03. The first-order valence-electron chi connectivity index (χ1n) is 8.37. The summed E-state index contributed by atoms with van der Waals surface area (Å²) in [6, 6.07) is 13.3. The lowest BCUT2D eigenvalue weighted by molar-refractivity contribution is -0.132. The molecule has 2 amide bonds. The summed E-state index contributed by atoms with van der Waals surface area (Å²) in [6.07, 6.45) is 0.862. The lowest BCUT2D eigenvalue weighted by Gasteiger charge is -2.20. The molecule has 2 aromatic carbocycles. The number of rotatable bonds is 2. The molecule has 132 valence electrons. The van der Waals surface area contributed by atoms with Gasteiger partial charge in [-0.25, -0.2) is 4.98 Å². The maximum absolute atomic E-state index is 12.3. The topological polar surface area (TPSA) is 74.3 Å². The normalized spacial score (nSPS) is 14.0. The molecule has 1 aliphatic rings. The minimum atomic E-state index is -0.711. The van der Waals surface area contributed by atoms with Crippen molar-refractivity contribution in [1.82, 2.24) is 9.88 Å². The van der Waals surface area contributed by atoms with E-state index >= 15 is 0 Å². The minimum Gasteiger partial charge on any atom is -0.317 e. The molecule has 0 spiro atoms. The van der Waals surface area contributed by atoms with E-state index < -0.39 is 11.8 Å². The summed E-state index contributed by atoms with van der Waals surface area (Å²) in [7, 11) is 2.05. The highest BCUT2D eigenvalue weighted by Gasteiger charge is 2.21. The SMILES string of the molecule is CN1CCc2nc(NC(=O)C(=O)Nc3cccc4ccccc34)sc2C1. The number of amides is 2. The first kappa shape index (κ1) is 16.7. The monoisotopic (exact) mass is 366 g/mol. The fraction of sp³-hybridized carbons (Fsp3) is 0.211. The molecule has 6 nitrogen and oxygen atoms in total. The molecule has 0 saturated carbocycles. The number of carbonyl (C=O) groups is 2. The fourth-order valence-corrected chi connectivity index (χ4v) is 4.13. The van der Waals surface area contributed by atoms with Crippen LogP contribution in [-0.2, 0) is 22.6 Å². The predicted octanol–water partition coefficient (Wildman–Crippen LogP) is 2.86. The Morgan fingerprint density at radius 2 is 1.85 bits per heavy atom. The molecule has 1 aliphatic heterocycles. The number of nitrogens with one attached hydrogen (secondary N) is 2. The third-order valence-electron chi connectivity index (χ3n) is 4.39. The number of anilines is 2. The van der Waals surface area contributed by atoms with Crippen molar-refractivity contribution in [2.45, 2.75) is 13.0 Å². The molecular weight excluding hydrogens is 348 g/mol. The van der Waals surface area contributed by atoms with Gasteiger partial charge in [-0.15, -0.1) is 11.3 Å². The van der Waals surface area contributed by atoms with Gasteiger partial charge in [0.25, 0.3) is 0 Å². The summed E-state index contributed by atoms with van der Waals surface area (Å²) in [6.45, 7) is 1.77. The Labute approximate surface area is 154 Å². The van der Waals surface area contributed by atoms with Crippen molar-refractivity contribution in [1.29, 1.82) is 0 Å². The highest BCUT2D eigenvalue weighted by atomic mass is 32.1. The third-order valence-corrected chi connectivity index (χ3v) is 5.38. The summed E-state index contributed by atoms with van der Waals surface area (Å²) < 4.78 is 0. The molecule has 0 atom stereocenters. The molecule has 0 saturated heterocycles. The van der Waals surface area contributed by atoms with E-state index in [4.69, 9.17) is 0 Å². The van der Waals surface area contributed by atoms with Crippen molar-refractivity contribution in [3.8, 4) is 0 Å². The Balaban J connectivity index is 1.47. The van der Waals surface area contributed by atoms with E-state index in [1.54, 1.807) is 6.07 Å². The quantitative estimate of drug-likeness (QED) is 0.684. The van der Waals surface area contributed by atoms with Gasteiger partial charge >= 0.3 is 11.8 Å². The lowest BCUT2D eigenvalue weighted by Crippen LogP contribution is -2.29. The van der Waals surface area contributed by atoms with E-state index in [2.05, 4.69) is 27.6 Å². The maximum Gasteiger partial charge on any atom is 0.315 e. The van der Waals surface area contributed by atoms with Crippen LogP contribution in [0.2, 0.25) is 0 Å². The summed E-state index contributed by atoms with van der Waals surface area (Å²) in [5.41, 5.74) is 1.63. The van der Waals surface area contributed by atoms with Crippen LogP contribution in [0.15, 0.2) is 42.5 Å². The molecule has 26 heavy (non-hydrogen) atoms. The third kappa shape index (κ3) is 3.31. The molecule has 2 N–H and O–H groups in total. The Kier molecular flexibility index (Phi) is 4.40. The van der Waals surface area contributed by atoms with Gasteiger partial charge in [0.1, 0.15) is 0 Å². The van der Waals surface area contributed by atoms with Crippen molar-refractivity contribution in [2.24, 2.45) is 0 Å². The fourth-order valence-electron chi connectivity index (χ4n) is 3.04. The molecule has 0 bridgehead atoms. The molecule has 0 fully saturated rings. The Morgan fingerprint density at radius 1 is 1.08 bits per heavy atom. The highest BCUT2D eigenvalue weighted by Crippen LogP contribution is 2.28. The summed E-state index contributed by atoms with van der Waals surface area (Å²) in [5.74, 6) is -1.41. The molecule has 7 heteroatoms. The molecule has 0 radical (unpaired) electrons. The summed E-state index contributed by atoms with van der Waals surface area (Å²) >= 11 is 1.43. The minimum absolute atomic E-state index is 0.475. The largest absolute Gasteiger partial charge is 0.317 e. The molecule has 0 aliphatic carbocycles. The number of aromatic nitrogens is 1. The van der Waals surface area contributed by atoms with Crippen LogP contribution in [0.25, 0.3) is 10.8 Å². The number of hydrogen-bond acceptors (Lipinski definition) is 5. The number of likely N-dealkylation sites (N-methyl/N-ethyl adjacent to an activating group) is 1.